The van der Waals surface area contributed by atoms with E-state index in [1.807, 2.05) is 24.3 Å². The number of carbonyl (C=O) groups excluding carboxylic acids is 2. The zero-order valence-electron chi connectivity index (χ0n) is 19.7. The van der Waals surface area contributed by atoms with Gasteiger partial charge in [0.15, 0.2) is 12.3 Å². The second-order valence-electron chi connectivity index (χ2n) is 7.92. The molecule has 1 heterocycles. The van der Waals surface area contributed by atoms with E-state index in [-0.39, 0.29) is 18.8 Å². The van der Waals surface area contributed by atoms with Crippen LogP contribution in [0.1, 0.15) is 21.6 Å². The molecule has 0 saturated heterocycles. The van der Waals surface area contributed by atoms with Gasteiger partial charge in [0.1, 0.15) is 5.75 Å². The third-order valence-corrected chi connectivity index (χ3v) is 5.46. The lowest BCUT2D eigenvalue weighted by Gasteiger charge is -2.13. The number of halogens is 3. The first-order valence-electron chi connectivity index (χ1n) is 11.1. The third-order valence-electron chi connectivity index (χ3n) is 5.46. The van der Waals surface area contributed by atoms with Gasteiger partial charge in [-0.2, -0.15) is 18.3 Å². The van der Waals surface area contributed by atoms with Crippen LogP contribution >= 0.6 is 0 Å². The van der Waals surface area contributed by atoms with E-state index in [1.165, 1.54) is 19.2 Å². The van der Waals surface area contributed by atoms with Crippen molar-refractivity contribution in [3.63, 3.8) is 0 Å². The molecule has 1 amide bonds. The quantitative estimate of drug-likeness (QED) is 0.337. The van der Waals surface area contributed by atoms with Crippen molar-refractivity contribution in [3.8, 4) is 22.6 Å². The lowest BCUT2D eigenvalue weighted by Crippen LogP contribution is -2.26. The predicted octanol–water partition coefficient (Wildman–Crippen LogP) is 5.04. The second kappa shape index (κ2) is 11.0. The maximum absolute atomic E-state index is 13.8. The molecule has 0 fully saturated rings. The highest BCUT2D eigenvalue weighted by Crippen LogP contribution is 2.33. The van der Waals surface area contributed by atoms with Crippen molar-refractivity contribution >= 4 is 11.9 Å². The van der Waals surface area contributed by atoms with Crippen LogP contribution in [0.2, 0.25) is 0 Å². The summed E-state index contributed by atoms with van der Waals surface area (Å²) in [6.07, 6.45) is -3.85. The summed E-state index contributed by atoms with van der Waals surface area (Å²) >= 11 is 0. The number of hydrogen-bond donors (Lipinski definition) is 1. The number of para-hydroxylation sites is 1. The minimum absolute atomic E-state index is 0.0350. The predicted molar refractivity (Wildman–Crippen MR) is 129 cm³/mol. The molecule has 1 aromatic heterocycles. The standard InChI is InChI=1S/C27H22F3N3O4/c1-36-24(34)17-37-22-13-11-20(12-14-22)19-9-7-18(8-10-19)15-31-26(35)23-16-32-33(25(23)27(28,29)30)21-5-3-2-4-6-21/h2-14,16H,15,17H2,1H3,(H,31,35). The number of carbonyl (C=O) groups is 2. The summed E-state index contributed by atoms with van der Waals surface area (Å²) in [5.74, 6) is -0.838. The molecular weight excluding hydrogens is 487 g/mol. The van der Waals surface area contributed by atoms with E-state index in [2.05, 4.69) is 15.2 Å². The van der Waals surface area contributed by atoms with Gasteiger partial charge < -0.3 is 14.8 Å². The average Bonchev–Trinajstić information content (AvgIpc) is 3.38. The Kier molecular flexibility index (Phi) is 7.57. The monoisotopic (exact) mass is 509 g/mol. The number of nitrogens with zero attached hydrogens (tertiary/aromatic N) is 2. The van der Waals surface area contributed by atoms with Crippen molar-refractivity contribution < 1.29 is 32.2 Å². The first-order valence-corrected chi connectivity index (χ1v) is 11.1. The molecule has 0 atom stereocenters. The fourth-order valence-corrected chi connectivity index (χ4v) is 3.59. The molecule has 0 unspecified atom stereocenters. The molecule has 1 N–H and O–H groups in total. The molecule has 0 radical (unpaired) electrons. The molecule has 0 saturated carbocycles. The number of ether oxygens (including phenoxy) is 2. The van der Waals surface area contributed by atoms with E-state index in [1.54, 1.807) is 42.5 Å². The Morgan fingerprint density at radius 3 is 2.14 bits per heavy atom. The van der Waals surface area contributed by atoms with Gasteiger partial charge in [-0.25, -0.2) is 9.48 Å². The molecular formula is C27H22F3N3O4. The van der Waals surface area contributed by atoms with Crippen LogP contribution in [0.15, 0.2) is 85.1 Å². The fourth-order valence-electron chi connectivity index (χ4n) is 3.59. The van der Waals surface area contributed by atoms with Crippen molar-refractivity contribution in [3.05, 3.63) is 102 Å². The molecule has 4 aromatic rings. The van der Waals surface area contributed by atoms with Crippen molar-refractivity contribution in [2.75, 3.05) is 13.7 Å². The molecule has 0 spiro atoms. The first kappa shape index (κ1) is 25.5. The normalized spacial score (nSPS) is 11.1. The number of nitrogens with one attached hydrogen (secondary N) is 1. The van der Waals surface area contributed by atoms with Crippen LogP contribution in [0.5, 0.6) is 5.75 Å². The Bertz CT molecular complexity index is 1370. The molecule has 0 bridgehead atoms. The molecule has 0 aliphatic heterocycles. The van der Waals surface area contributed by atoms with Gasteiger partial charge in [-0.05, 0) is 41.0 Å². The maximum atomic E-state index is 13.8. The Morgan fingerprint density at radius 1 is 0.919 bits per heavy atom. The van der Waals surface area contributed by atoms with Gasteiger partial charge in [-0.3, -0.25) is 4.79 Å². The number of aromatic nitrogens is 2. The van der Waals surface area contributed by atoms with E-state index in [0.29, 0.717) is 11.3 Å². The number of alkyl halides is 3. The van der Waals surface area contributed by atoms with Crippen LogP contribution in [0, 0.1) is 0 Å². The Hall–Kier alpha value is -4.60. The minimum atomic E-state index is -4.78. The largest absolute Gasteiger partial charge is 0.482 e. The van der Waals surface area contributed by atoms with Gasteiger partial charge in [0, 0.05) is 6.54 Å². The van der Waals surface area contributed by atoms with Gasteiger partial charge in [-0.1, -0.05) is 54.6 Å². The molecule has 0 aliphatic rings. The van der Waals surface area contributed by atoms with Crippen molar-refractivity contribution in [1.29, 1.82) is 0 Å². The van der Waals surface area contributed by atoms with Crippen LogP contribution in [-0.2, 0) is 22.3 Å². The fraction of sp³-hybridized carbons (Fsp3) is 0.148. The molecule has 4 rings (SSSR count). The second-order valence-corrected chi connectivity index (χ2v) is 7.92. The van der Waals surface area contributed by atoms with Gasteiger partial charge in [0.05, 0.1) is 24.6 Å². The topological polar surface area (TPSA) is 82.4 Å². The Labute approximate surface area is 210 Å². The molecule has 10 heteroatoms. The van der Waals surface area contributed by atoms with Crippen molar-refractivity contribution in [2.24, 2.45) is 0 Å². The maximum Gasteiger partial charge on any atom is 0.434 e. The molecule has 37 heavy (non-hydrogen) atoms. The highest BCUT2D eigenvalue weighted by atomic mass is 19.4. The smallest absolute Gasteiger partial charge is 0.434 e. The molecule has 190 valence electrons. The molecule has 7 nitrogen and oxygen atoms in total. The minimum Gasteiger partial charge on any atom is -0.482 e. The zero-order valence-corrected chi connectivity index (χ0v) is 19.7. The van der Waals surface area contributed by atoms with Gasteiger partial charge >= 0.3 is 12.1 Å². The zero-order chi connectivity index (χ0) is 26.4. The average molecular weight is 509 g/mol. The highest BCUT2D eigenvalue weighted by Gasteiger charge is 2.40. The number of hydrogen-bond acceptors (Lipinski definition) is 5. The lowest BCUT2D eigenvalue weighted by molar-refractivity contribution is -0.143. The van der Waals surface area contributed by atoms with E-state index in [0.717, 1.165) is 22.0 Å². The summed E-state index contributed by atoms with van der Waals surface area (Å²) in [4.78, 5) is 23.8. The van der Waals surface area contributed by atoms with Crippen LogP contribution in [0.3, 0.4) is 0 Å². The number of rotatable bonds is 8. The Balaban J connectivity index is 1.42. The van der Waals surface area contributed by atoms with E-state index < -0.39 is 29.3 Å². The number of esters is 1. The van der Waals surface area contributed by atoms with E-state index >= 15 is 0 Å². The summed E-state index contributed by atoms with van der Waals surface area (Å²) in [6.45, 7) is -0.152. The third kappa shape index (κ3) is 6.16. The summed E-state index contributed by atoms with van der Waals surface area (Å²) in [7, 11) is 1.28. The summed E-state index contributed by atoms with van der Waals surface area (Å²) in [5.41, 5.74) is 1.00. The van der Waals surface area contributed by atoms with Crippen LogP contribution in [-0.4, -0.2) is 35.4 Å². The van der Waals surface area contributed by atoms with Crippen LogP contribution in [0.25, 0.3) is 16.8 Å². The van der Waals surface area contributed by atoms with E-state index in [9.17, 15) is 22.8 Å². The van der Waals surface area contributed by atoms with Crippen molar-refractivity contribution in [2.45, 2.75) is 12.7 Å². The highest BCUT2D eigenvalue weighted by molar-refractivity contribution is 5.95. The summed E-state index contributed by atoms with van der Waals surface area (Å²) in [5, 5.41) is 6.35. The van der Waals surface area contributed by atoms with Crippen LogP contribution < -0.4 is 10.1 Å². The van der Waals surface area contributed by atoms with Crippen LogP contribution in [0.4, 0.5) is 13.2 Å². The number of amides is 1. The SMILES string of the molecule is COC(=O)COc1ccc(-c2ccc(CNC(=O)c3cnn(-c4ccccc4)c3C(F)(F)F)cc2)cc1. The van der Waals surface area contributed by atoms with Crippen molar-refractivity contribution in [1.82, 2.24) is 15.1 Å². The summed E-state index contributed by atoms with van der Waals surface area (Å²) < 4.78 is 52.0. The summed E-state index contributed by atoms with van der Waals surface area (Å²) in [6, 6.07) is 22.1. The number of methoxy groups -OCH3 is 1. The van der Waals surface area contributed by atoms with E-state index in [4.69, 9.17) is 4.74 Å². The molecule has 0 aliphatic carbocycles. The lowest BCUT2D eigenvalue weighted by atomic mass is 10.0. The Morgan fingerprint density at radius 2 is 1.54 bits per heavy atom. The first-order chi connectivity index (χ1) is 17.8. The number of benzene rings is 3. The van der Waals surface area contributed by atoms with Gasteiger partial charge in [-0.15, -0.1) is 0 Å². The van der Waals surface area contributed by atoms with Gasteiger partial charge in [0.25, 0.3) is 5.91 Å². The van der Waals surface area contributed by atoms with Gasteiger partial charge in [0.2, 0.25) is 0 Å². The molecule has 3 aromatic carbocycles.